The predicted octanol–water partition coefficient (Wildman–Crippen LogP) is 0.905. The number of nitrogen functional groups attached to an aromatic ring is 1. The van der Waals surface area contributed by atoms with Crippen LogP contribution in [0.1, 0.15) is 29.7 Å². The highest BCUT2D eigenvalue weighted by molar-refractivity contribution is 5.94. The van der Waals surface area contributed by atoms with E-state index in [-0.39, 0.29) is 37.5 Å². The van der Waals surface area contributed by atoms with Gasteiger partial charge in [-0.2, -0.15) is 5.10 Å². The number of aromatic nitrogens is 2. The fraction of sp³-hybridized carbons (Fsp3) is 0.583. The van der Waals surface area contributed by atoms with Crippen LogP contribution in [0.3, 0.4) is 0 Å². The van der Waals surface area contributed by atoms with Crippen molar-refractivity contribution in [2.75, 3.05) is 25.4 Å². The van der Waals surface area contributed by atoms with Gasteiger partial charge in [-0.1, -0.05) is 0 Å². The molecule has 2 rings (SSSR count). The third-order valence-corrected chi connectivity index (χ3v) is 3.42. The SMILES string of the molecule is CCOC(=O)c1cnn(C2CCN(C(=O)O)CC2F)c1N. The number of piperidine rings is 1. The molecule has 1 aliphatic rings. The minimum Gasteiger partial charge on any atom is -0.465 e. The molecule has 1 aromatic heterocycles. The van der Waals surface area contributed by atoms with Crippen molar-refractivity contribution in [3.63, 3.8) is 0 Å². The first-order valence-electron chi connectivity index (χ1n) is 6.57. The van der Waals surface area contributed by atoms with Gasteiger partial charge in [0.25, 0.3) is 0 Å². The summed E-state index contributed by atoms with van der Waals surface area (Å²) in [4.78, 5) is 23.5. The summed E-state index contributed by atoms with van der Waals surface area (Å²) in [5.41, 5.74) is 5.91. The van der Waals surface area contributed by atoms with Gasteiger partial charge in [-0.15, -0.1) is 0 Å². The lowest BCUT2D eigenvalue weighted by Crippen LogP contribution is -2.45. The molecule has 1 amide bonds. The largest absolute Gasteiger partial charge is 0.465 e. The standard InChI is InChI=1S/C12H17FN4O4/c1-2-21-11(18)7-5-15-17(10(7)14)9-3-4-16(12(19)20)6-8(9)13/h5,8-9H,2-4,6,14H2,1H3,(H,19,20). The summed E-state index contributed by atoms with van der Waals surface area (Å²) in [6, 6.07) is -0.691. The van der Waals surface area contributed by atoms with Gasteiger partial charge in [-0.05, 0) is 13.3 Å². The molecular weight excluding hydrogens is 283 g/mol. The summed E-state index contributed by atoms with van der Waals surface area (Å²) in [6.07, 6.45) is -1.12. The van der Waals surface area contributed by atoms with Crippen molar-refractivity contribution in [3.8, 4) is 0 Å². The van der Waals surface area contributed by atoms with Crippen molar-refractivity contribution >= 4 is 17.9 Å². The number of halogens is 1. The van der Waals surface area contributed by atoms with Crippen LogP contribution in [-0.4, -0.2) is 57.7 Å². The smallest absolute Gasteiger partial charge is 0.407 e. The number of carbonyl (C=O) groups excluding carboxylic acids is 1. The minimum atomic E-state index is -1.44. The molecule has 0 saturated carbocycles. The number of carboxylic acid groups (broad SMARTS) is 1. The van der Waals surface area contributed by atoms with Crippen molar-refractivity contribution in [2.45, 2.75) is 25.6 Å². The Bertz CT molecular complexity index is 547. The average molecular weight is 300 g/mol. The number of likely N-dealkylation sites (tertiary alicyclic amines) is 1. The molecule has 2 heterocycles. The number of rotatable bonds is 3. The van der Waals surface area contributed by atoms with Crippen LogP contribution in [0.25, 0.3) is 0 Å². The van der Waals surface area contributed by atoms with Crippen LogP contribution in [0.4, 0.5) is 15.0 Å². The van der Waals surface area contributed by atoms with Gasteiger partial charge in [0.05, 0.1) is 25.4 Å². The van der Waals surface area contributed by atoms with E-state index < -0.39 is 24.3 Å². The first-order valence-corrected chi connectivity index (χ1v) is 6.57. The van der Waals surface area contributed by atoms with Crippen LogP contribution in [0, 0.1) is 0 Å². The molecule has 9 heteroatoms. The van der Waals surface area contributed by atoms with Crippen molar-refractivity contribution in [3.05, 3.63) is 11.8 Å². The molecule has 1 saturated heterocycles. The van der Waals surface area contributed by atoms with Crippen molar-refractivity contribution in [2.24, 2.45) is 0 Å². The van der Waals surface area contributed by atoms with E-state index in [0.29, 0.717) is 0 Å². The number of hydrogen-bond donors (Lipinski definition) is 2. The molecular formula is C12H17FN4O4. The van der Waals surface area contributed by atoms with Gasteiger partial charge in [0.1, 0.15) is 17.6 Å². The Morgan fingerprint density at radius 1 is 1.62 bits per heavy atom. The Labute approximate surface area is 120 Å². The van der Waals surface area contributed by atoms with Gasteiger partial charge < -0.3 is 20.5 Å². The Hall–Kier alpha value is -2.32. The maximum atomic E-state index is 14.1. The van der Waals surface area contributed by atoms with Crippen LogP contribution >= 0.6 is 0 Å². The van der Waals surface area contributed by atoms with Crippen molar-refractivity contribution in [1.82, 2.24) is 14.7 Å². The summed E-state index contributed by atoms with van der Waals surface area (Å²) in [5.74, 6) is -0.579. The molecule has 0 bridgehead atoms. The molecule has 8 nitrogen and oxygen atoms in total. The molecule has 2 atom stereocenters. The van der Waals surface area contributed by atoms with E-state index in [1.165, 1.54) is 10.9 Å². The van der Waals surface area contributed by atoms with Crippen LogP contribution in [0.15, 0.2) is 6.20 Å². The van der Waals surface area contributed by atoms with Gasteiger partial charge in [0.2, 0.25) is 0 Å². The highest BCUT2D eigenvalue weighted by atomic mass is 19.1. The van der Waals surface area contributed by atoms with Crippen LogP contribution in [0.5, 0.6) is 0 Å². The van der Waals surface area contributed by atoms with E-state index in [9.17, 15) is 14.0 Å². The normalized spacial score (nSPS) is 22.1. The zero-order valence-electron chi connectivity index (χ0n) is 11.5. The molecule has 21 heavy (non-hydrogen) atoms. The molecule has 0 spiro atoms. The molecule has 2 unspecified atom stereocenters. The third-order valence-electron chi connectivity index (χ3n) is 3.42. The molecule has 0 aromatic carbocycles. The number of nitrogens with zero attached hydrogens (tertiary/aromatic N) is 3. The molecule has 1 aliphatic heterocycles. The summed E-state index contributed by atoms with van der Waals surface area (Å²) >= 11 is 0. The minimum absolute atomic E-state index is 0.0323. The van der Waals surface area contributed by atoms with E-state index in [0.717, 1.165) is 4.90 Å². The lowest BCUT2D eigenvalue weighted by Gasteiger charge is -2.33. The number of anilines is 1. The van der Waals surface area contributed by atoms with Gasteiger partial charge in [0, 0.05) is 6.54 Å². The molecule has 0 radical (unpaired) electrons. The number of ether oxygens (including phenoxy) is 1. The van der Waals surface area contributed by atoms with Crippen molar-refractivity contribution in [1.29, 1.82) is 0 Å². The van der Waals surface area contributed by atoms with E-state index in [1.54, 1.807) is 6.92 Å². The first-order chi connectivity index (χ1) is 9.95. The maximum Gasteiger partial charge on any atom is 0.407 e. The number of nitrogens with two attached hydrogens (primary N) is 1. The highest BCUT2D eigenvalue weighted by Crippen LogP contribution is 2.28. The van der Waals surface area contributed by atoms with Crippen molar-refractivity contribution < 1.29 is 23.8 Å². The quantitative estimate of drug-likeness (QED) is 0.802. The number of esters is 1. The fourth-order valence-corrected chi connectivity index (χ4v) is 2.34. The summed E-state index contributed by atoms with van der Waals surface area (Å²) in [6.45, 7) is 1.81. The Balaban J connectivity index is 2.16. The number of carbonyl (C=O) groups is 2. The Kier molecular flexibility index (Phi) is 4.29. The molecule has 116 valence electrons. The van der Waals surface area contributed by atoms with Gasteiger partial charge in [-0.3, -0.25) is 0 Å². The molecule has 1 aromatic rings. The van der Waals surface area contributed by atoms with Gasteiger partial charge >= 0.3 is 12.1 Å². The number of alkyl halides is 1. The van der Waals surface area contributed by atoms with E-state index in [2.05, 4.69) is 5.10 Å². The second-order valence-corrected chi connectivity index (χ2v) is 4.71. The van der Waals surface area contributed by atoms with Gasteiger partial charge in [0.15, 0.2) is 0 Å². The average Bonchev–Trinajstić information content (AvgIpc) is 2.80. The topological polar surface area (TPSA) is 111 Å². The number of hydrogen-bond acceptors (Lipinski definition) is 5. The lowest BCUT2D eigenvalue weighted by molar-refractivity contribution is 0.0527. The van der Waals surface area contributed by atoms with E-state index in [1.807, 2.05) is 0 Å². The highest BCUT2D eigenvalue weighted by Gasteiger charge is 2.35. The molecule has 0 aliphatic carbocycles. The van der Waals surface area contributed by atoms with E-state index >= 15 is 0 Å². The summed E-state index contributed by atoms with van der Waals surface area (Å²) in [5, 5.41) is 12.8. The van der Waals surface area contributed by atoms with Crippen LogP contribution in [0.2, 0.25) is 0 Å². The second-order valence-electron chi connectivity index (χ2n) is 4.71. The fourth-order valence-electron chi connectivity index (χ4n) is 2.34. The lowest BCUT2D eigenvalue weighted by atomic mass is 10.0. The predicted molar refractivity (Wildman–Crippen MR) is 70.7 cm³/mol. The summed E-state index contributed by atoms with van der Waals surface area (Å²) < 4.78 is 20.2. The first kappa shape index (κ1) is 15.1. The van der Waals surface area contributed by atoms with E-state index in [4.69, 9.17) is 15.6 Å². The Morgan fingerprint density at radius 3 is 2.90 bits per heavy atom. The monoisotopic (exact) mass is 300 g/mol. The molecule has 3 N–H and O–H groups in total. The zero-order valence-corrected chi connectivity index (χ0v) is 11.5. The van der Waals surface area contributed by atoms with Crippen LogP contribution < -0.4 is 5.73 Å². The Morgan fingerprint density at radius 2 is 2.33 bits per heavy atom. The third kappa shape index (κ3) is 2.91. The second kappa shape index (κ2) is 5.98. The number of amides is 1. The van der Waals surface area contributed by atoms with Crippen LogP contribution in [-0.2, 0) is 4.74 Å². The zero-order chi connectivity index (χ0) is 15.6. The molecule has 1 fully saturated rings. The van der Waals surface area contributed by atoms with Gasteiger partial charge in [-0.25, -0.2) is 18.7 Å². The summed E-state index contributed by atoms with van der Waals surface area (Å²) in [7, 11) is 0. The maximum absolute atomic E-state index is 14.1.